The van der Waals surface area contributed by atoms with Crippen LogP contribution in [0.5, 0.6) is 0 Å². The molecule has 0 radical (unpaired) electrons. The number of methoxy groups -OCH3 is 1. The van der Waals surface area contributed by atoms with E-state index in [1.807, 2.05) is 6.92 Å². The van der Waals surface area contributed by atoms with Crippen LogP contribution in [0.25, 0.3) is 0 Å². The monoisotopic (exact) mass is 271 g/mol. The Morgan fingerprint density at radius 2 is 2.22 bits per heavy atom. The molecule has 0 spiro atoms. The summed E-state index contributed by atoms with van der Waals surface area (Å²) in [5.41, 5.74) is 12.2. The number of carbonyl (C=O) groups excluding carboxylic acids is 1. The Morgan fingerprint density at radius 3 is 2.78 bits per heavy atom. The summed E-state index contributed by atoms with van der Waals surface area (Å²) >= 11 is 6.08. The Labute approximate surface area is 111 Å². The fourth-order valence-corrected chi connectivity index (χ4v) is 1.86. The van der Waals surface area contributed by atoms with Gasteiger partial charge in [0.15, 0.2) is 0 Å². The van der Waals surface area contributed by atoms with Crippen LogP contribution in [0, 0.1) is 0 Å². The van der Waals surface area contributed by atoms with Crippen LogP contribution in [0.2, 0.25) is 5.02 Å². The SMILES string of the molecule is COCCC(C)Nc1c(Cl)cc(N)cc1C(N)=O. The van der Waals surface area contributed by atoms with Crippen LogP contribution in [0.1, 0.15) is 23.7 Å². The largest absolute Gasteiger partial charge is 0.399 e. The van der Waals surface area contributed by atoms with Crippen molar-refractivity contribution in [2.24, 2.45) is 5.73 Å². The lowest BCUT2D eigenvalue weighted by atomic mass is 10.1. The average molecular weight is 272 g/mol. The lowest BCUT2D eigenvalue weighted by Gasteiger charge is -2.18. The molecule has 1 amide bonds. The zero-order valence-corrected chi connectivity index (χ0v) is 11.3. The molecule has 0 bridgehead atoms. The van der Waals surface area contributed by atoms with Crippen molar-refractivity contribution in [3.05, 3.63) is 22.7 Å². The first-order valence-corrected chi connectivity index (χ1v) is 5.97. The Hall–Kier alpha value is -1.46. The molecule has 6 heteroatoms. The Bertz CT molecular complexity index is 438. The van der Waals surface area contributed by atoms with Crippen molar-refractivity contribution >= 4 is 28.9 Å². The van der Waals surface area contributed by atoms with E-state index < -0.39 is 5.91 Å². The van der Waals surface area contributed by atoms with E-state index >= 15 is 0 Å². The molecular formula is C12H18ClN3O2. The molecule has 100 valence electrons. The van der Waals surface area contributed by atoms with Crippen LogP contribution in [0.15, 0.2) is 12.1 Å². The second-order valence-electron chi connectivity index (χ2n) is 4.12. The van der Waals surface area contributed by atoms with E-state index in [4.69, 9.17) is 27.8 Å². The highest BCUT2D eigenvalue weighted by molar-refractivity contribution is 6.34. The highest BCUT2D eigenvalue weighted by atomic mass is 35.5. The summed E-state index contributed by atoms with van der Waals surface area (Å²) in [5.74, 6) is -0.564. The Morgan fingerprint density at radius 1 is 1.56 bits per heavy atom. The van der Waals surface area contributed by atoms with Crippen molar-refractivity contribution in [3.8, 4) is 0 Å². The number of amides is 1. The van der Waals surface area contributed by atoms with Gasteiger partial charge in [0.1, 0.15) is 0 Å². The predicted octanol–water partition coefficient (Wildman–Crippen LogP) is 1.86. The first-order valence-electron chi connectivity index (χ1n) is 5.60. The maximum absolute atomic E-state index is 11.4. The summed E-state index contributed by atoms with van der Waals surface area (Å²) in [7, 11) is 1.64. The van der Waals surface area contributed by atoms with Gasteiger partial charge in [-0.1, -0.05) is 11.6 Å². The minimum atomic E-state index is -0.564. The van der Waals surface area contributed by atoms with Crippen LogP contribution in [0.3, 0.4) is 0 Å². The van der Waals surface area contributed by atoms with Gasteiger partial charge in [-0.2, -0.15) is 0 Å². The topological polar surface area (TPSA) is 90.4 Å². The Balaban J connectivity index is 2.96. The molecule has 5 nitrogen and oxygen atoms in total. The molecule has 1 unspecified atom stereocenters. The van der Waals surface area contributed by atoms with E-state index in [1.54, 1.807) is 13.2 Å². The van der Waals surface area contributed by atoms with E-state index in [-0.39, 0.29) is 6.04 Å². The number of nitrogen functional groups attached to an aromatic ring is 1. The lowest BCUT2D eigenvalue weighted by molar-refractivity contribution is 0.100. The standard InChI is InChI=1S/C12H18ClN3O2/c1-7(3-4-18-2)16-11-9(12(15)17)5-8(14)6-10(11)13/h5-7,16H,3-4,14H2,1-2H3,(H2,15,17). The van der Waals surface area contributed by atoms with Crippen molar-refractivity contribution in [1.82, 2.24) is 0 Å². The van der Waals surface area contributed by atoms with Gasteiger partial charge < -0.3 is 21.5 Å². The molecule has 1 aromatic rings. The normalized spacial score (nSPS) is 12.2. The third-order valence-electron chi connectivity index (χ3n) is 2.52. The summed E-state index contributed by atoms with van der Waals surface area (Å²) in [6.45, 7) is 2.59. The third-order valence-corrected chi connectivity index (χ3v) is 2.82. The van der Waals surface area contributed by atoms with Crippen LogP contribution in [-0.4, -0.2) is 25.7 Å². The van der Waals surface area contributed by atoms with Crippen LogP contribution >= 0.6 is 11.6 Å². The third kappa shape index (κ3) is 3.78. The van der Waals surface area contributed by atoms with Crippen molar-refractivity contribution in [3.63, 3.8) is 0 Å². The van der Waals surface area contributed by atoms with Gasteiger partial charge in [-0.3, -0.25) is 4.79 Å². The molecule has 0 aliphatic rings. The maximum Gasteiger partial charge on any atom is 0.250 e. The molecule has 1 aromatic carbocycles. The summed E-state index contributed by atoms with van der Waals surface area (Å²) in [6, 6.07) is 3.20. The molecule has 0 aromatic heterocycles. The van der Waals surface area contributed by atoms with Gasteiger partial charge in [-0.05, 0) is 25.5 Å². The van der Waals surface area contributed by atoms with Crippen molar-refractivity contribution in [2.45, 2.75) is 19.4 Å². The summed E-state index contributed by atoms with van der Waals surface area (Å²) in [4.78, 5) is 11.4. The number of rotatable bonds is 6. The van der Waals surface area contributed by atoms with Crippen molar-refractivity contribution < 1.29 is 9.53 Å². The number of nitrogens with two attached hydrogens (primary N) is 2. The van der Waals surface area contributed by atoms with Crippen LogP contribution in [-0.2, 0) is 4.74 Å². The molecule has 1 atom stereocenters. The fraction of sp³-hybridized carbons (Fsp3) is 0.417. The van der Waals surface area contributed by atoms with Gasteiger partial charge in [0.05, 0.1) is 16.3 Å². The van der Waals surface area contributed by atoms with Gasteiger partial charge >= 0.3 is 0 Å². The number of ether oxygens (including phenoxy) is 1. The fourth-order valence-electron chi connectivity index (χ4n) is 1.58. The number of hydrogen-bond acceptors (Lipinski definition) is 4. The second-order valence-corrected chi connectivity index (χ2v) is 4.52. The van der Waals surface area contributed by atoms with Gasteiger partial charge in [-0.15, -0.1) is 0 Å². The lowest BCUT2D eigenvalue weighted by Crippen LogP contribution is -2.21. The number of nitrogens with one attached hydrogen (secondary N) is 1. The summed E-state index contributed by atoms with van der Waals surface area (Å²) in [6.07, 6.45) is 0.787. The first kappa shape index (κ1) is 14.6. The molecule has 1 rings (SSSR count). The molecule has 0 saturated heterocycles. The quantitative estimate of drug-likeness (QED) is 0.689. The van der Waals surface area contributed by atoms with Gasteiger partial charge in [-0.25, -0.2) is 0 Å². The van der Waals surface area contributed by atoms with Crippen molar-refractivity contribution in [1.29, 1.82) is 0 Å². The van der Waals surface area contributed by atoms with E-state index in [0.29, 0.717) is 28.6 Å². The minimum absolute atomic E-state index is 0.101. The molecular weight excluding hydrogens is 254 g/mol. The minimum Gasteiger partial charge on any atom is -0.399 e. The smallest absolute Gasteiger partial charge is 0.250 e. The first-order chi connectivity index (χ1) is 8.45. The summed E-state index contributed by atoms with van der Waals surface area (Å²) < 4.78 is 4.99. The van der Waals surface area contributed by atoms with Gasteiger partial charge in [0.2, 0.25) is 0 Å². The number of halogens is 1. The molecule has 5 N–H and O–H groups in total. The van der Waals surface area contributed by atoms with E-state index in [0.717, 1.165) is 6.42 Å². The zero-order valence-electron chi connectivity index (χ0n) is 10.5. The summed E-state index contributed by atoms with van der Waals surface area (Å²) in [5, 5.41) is 3.54. The number of benzene rings is 1. The van der Waals surface area contributed by atoms with Crippen molar-refractivity contribution in [2.75, 3.05) is 24.8 Å². The molecule has 0 saturated carbocycles. The number of anilines is 2. The highest BCUT2D eigenvalue weighted by Gasteiger charge is 2.15. The molecule has 0 heterocycles. The molecule has 18 heavy (non-hydrogen) atoms. The predicted molar refractivity (Wildman–Crippen MR) is 74.0 cm³/mol. The number of primary amides is 1. The van der Waals surface area contributed by atoms with Crippen LogP contribution < -0.4 is 16.8 Å². The van der Waals surface area contributed by atoms with E-state index in [9.17, 15) is 4.79 Å². The number of carbonyl (C=O) groups is 1. The Kier molecular flexibility index (Phi) is 5.25. The van der Waals surface area contributed by atoms with Crippen LogP contribution in [0.4, 0.5) is 11.4 Å². The highest BCUT2D eigenvalue weighted by Crippen LogP contribution is 2.29. The molecule has 0 fully saturated rings. The molecule has 0 aliphatic heterocycles. The molecule has 0 aliphatic carbocycles. The number of hydrogen-bond donors (Lipinski definition) is 3. The average Bonchev–Trinajstić information content (AvgIpc) is 2.29. The maximum atomic E-state index is 11.4. The van der Waals surface area contributed by atoms with Gasteiger partial charge in [0.25, 0.3) is 5.91 Å². The van der Waals surface area contributed by atoms with E-state index in [1.165, 1.54) is 6.07 Å². The second kappa shape index (κ2) is 6.47. The zero-order chi connectivity index (χ0) is 13.7. The van der Waals surface area contributed by atoms with E-state index in [2.05, 4.69) is 5.32 Å². The van der Waals surface area contributed by atoms with Gasteiger partial charge in [0, 0.05) is 25.4 Å².